The maximum Gasteiger partial charge on any atom is 0.159 e. The highest BCUT2D eigenvalue weighted by atomic mass is 19.1. The van der Waals surface area contributed by atoms with E-state index >= 15 is 0 Å². The van der Waals surface area contributed by atoms with Crippen LogP contribution < -0.4 is 5.32 Å². The second-order valence-electron chi connectivity index (χ2n) is 6.39. The molecule has 0 aliphatic carbocycles. The SMILES string of the molecule is Cc1cc(CNC(C)(C)C)nc(-c2ccc(F)cc2C)n1. The quantitative estimate of drug-likeness (QED) is 0.933. The third kappa shape index (κ3) is 4.33. The molecule has 0 unspecified atom stereocenters. The monoisotopic (exact) mass is 287 g/mol. The van der Waals surface area contributed by atoms with Crippen LogP contribution in [0.5, 0.6) is 0 Å². The van der Waals surface area contributed by atoms with Crippen molar-refractivity contribution in [1.82, 2.24) is 15.3 Å². The number of aryl methyl sites for hydroxylation is 2. The van der Waals surface area contributed by atoms with E-state index in [1.54, 1.807) is 6.07 Å². The number of benzene rings is 1. The van der Waals surface area contributed by atoms with E-state index in [-0.39, 0.29) is 11.4 Å². The first kappa shape index (κ1) is 15.6. The van der Waals surface area contributed by atoms with Gasteiger partial charge in [0.05, 0.1) is 5.69 Å². The minimum Gasteiger partial charge on any atom is -0.306 e. The van der Waals surface area contributed by atoms with E-state index in [1.165, 1.54) is 12.1 Å². The summed E-state index contributed by atoms with van der Waals surface area (Å²) in [7, 11) is 0. The second-order valence-corrected chi connectivity index (χ2v) is 6.39. The van der Waals surface area contributed by atoms with Crippen LogP contribution in [0.1, 0.15) is 37.7 Å². The fourth-order valence-corrected chi connectivity index (χ4v) is 2.08. The van der Waals surface area contributed by atoms with Gasteiger partial charge in [-0.2, -0.15) is 0 Å². The van der Waals surface area contributed by atoms with Crippen molar-refractivity contribution in [2.75, 3.05) is 0 Å². The van der Waals surface area contributed by atoms with Gasteiger partial charge >= 0.3 is 0 Å². The largest absolute Gasteiger partial charge is 0.306 e. The minimum absolute atomic E-state index is 0.0325. The van der Waals surface area contributed by atoms with Crippen molar-refractivity contribution in [3.8, 4) is 11.4 Å². The molecule has 0 atom stereocenters. The van der Waals surface area contributed by atoms with Crippen LogP contribution in [0.2, 0.25) is 0 Å². The molecule has 1 N–H and O–H groups in total. The van der Waals surface area contributed by atoms with E-state index in [2.05, 4.69) is 36.1 Å². The number of halogens is 1. The molecule has 3 nitrogen and oxygen atoms in total. The molecule has 0 aliphatic rings. The zero-order valence-electron chi connectivity index (χ0n) is 13.3. The molecule has 4 heteroatoms. The molecule has 1 heterocycles. The van der Waals surface area contributed by atoms with E-state index in [9.17, 15) is 4.39 Å². The van der Waals surface area contributed by atoms with Gasteiger partial charge in [-0.25, -0.2) is 14.4 Å². The summed E-state index contributed by atoms with van der Waals surface area (Å²) in [5.41, 5.74) is 3.60. The molecule has 0 saturated carbocycles. The summed E-state index contributed by atoms with van der Waals surface area (Å²) < 4.78 is 13.2. The Morgan fingerprint density at radius 2 is 1.81 bits per heavy atom. The average Bonchev–Trinajstić information content (AvgIpc) is 2.35. The van der Waals surface area contributed by atoms with Gasteiger partial charge in [-0.1, -0.05) is 0 Å². The molecule has 21 heavy (non-hydrogen) atoms. The standard InChI is InChI=1S/C17H22FN3/c1-11-8-13(18)6-7-15(11)16-20-12(2)9-14(21-16)10-19-17(3,4)5/h6-9,19H,10H2,1-5H3. The predicted octanol–water partition coefficient (Wildman–Crippen LogP) is 3.79. The maximum absolute atomic E-state index is 13.2. The first-order valence-electron chi connectivity index (χ1n) is 7.11. The summed E-state index contributed by atoms with van der Waals surface area (Å²) in [5.74, 6) is 0.414. The Morgan fingerprint density at radius 1 is 1.10 bits per heavy atom. The van der Waals surface area contributed by atoms with Gasteiger partial charge in [-0.05, 0) is 64.4 Å². The Kier molecular flexibility index (Phi) is 4.37. The van der Waals surface area contributed by atoms with Crippen LogP contribution in [-0.4, -0.2) is 15.5 Å². The predicted molar refractivity (Wildman–Crippen MR) is 83.5 cm³/mol. The van der Waals surface area contributed by atoms with Gasteiger partial charge in [-0.15, -0.1) is 0 Å². The molecule has 1 aromatic carbocycles. The molecular weight excluding hydrogens is 265 g/mol. The second kappa shape index (κ2) is 5.90. The zero-order chi connectivity index (χ0) is 15.6. The van der Waals surface area contributed by atoms with E-state index in [4.69, 9.17) is 0 Å². The van der Waals surface area contributed by atoms with Gasteiger partial charge in [0.15, 0.2) is 5.82 Å². The lowest BCUT2D eigenvalue weighted by atomic mass is 10.1. The van der Waals surface area contributed by atoms with Crippen molar-refractivity contribution in [1.29, 1.82) is 0 Å². The fraction of sp³-hybridized carbons (Fsp3) is 0.412. The van der Waals surface area contributed by atoms with Gasteiger partial charge in [0, 0.05) is 23.3 Å². The summed E-state index contributed by atoms with van der Waals surface area (Å²) in [6.07, 6.45) is 0. The topological polar surface area (TPSA) is 37.8 Å². The van der Waals surface area contributed by atoms with Crippen LogP contribution in [-0.2, 0) is 6.54 Å². The van der Waals surface area contributed by atoms with Crippen molar-refractivity contribution in [2.45, 2.75) is 46.7 Å². The molecule has 0 bridgehead atoms. The van der Waals surface area contributed by atoms with E-state index in [1.807, 2.05) is 19.9 Å². The molecule has 0 radical (unpaired) electrons. The molecule has 0 aliphatic heterocycles. The Labute approximate surface area is 125 Å². The summed E-state index contributed by atoms with van der Waals surface area (Å²) in [6.45, 7) is 10.9. The Balaban J connectivity index is 2.34. The van der Waals surface area contributed by atoms with Gasteiger partial charge in [0.25, 0.3) is 0 Å². The Morgan fingerprint density at radius 3 is 2.43 bits per heavy atom. The lowest BCUT2D eigenvalue weighted by Crippen LogP contribution is -2.35. The summed E-state index contributed by atoms with van der Waals surface area (Å²) in [6, 6.07) is 6.66. The van der Waals surface area contributed by atoms with Gasteiger partial charge in [0.2, 0.25) is 0 Å². The molecule has 0 fully saturated rings. The molecule has 1 aromatic heterocycles. The highest BCUT2D eigenvalue weighted by molar-refractivity contribution is 5.60. The van der Waals surface area contributed by atoms with Crippen LogP contribution in [0.25, 0.3) is 11.4 Å². The van der Waals surface area contributed by atoms with Crippen LogP contribution in [0.4, 0.5) is 4.39 Å². The number of rotatable bonds is 3. The normalized spacial score (nSPS) is 11.7. The smallest absolute Gasteiger partial charge is 0.159 e. The van der Waals surface area contributed by atoms with Gasteiger partial charge in [0.1, 0.15) is 5.82 Å². The van der Waals surface area contributed by atoms with E-state index in [0.29, 0.717) is 12.4 Å². The van der Waals surface area contributed by atoms with Crippen LogP contribution in [0.3, 0.4) is 0 Å². The Bertz CT molecular complexity index is 645. The first-order valence-corrected chi connectivity index (χ1v) is 7.11. The highest BCUT2D eigenvalue weighted by Crippen LogP contribution is 2.21. The molecule has 112 valence electrons. The maximum atomic E-state index is 13.2. The third-order valence-electron chi connectivity index (χ3n) is 3.14. The molecule has 2 aromatic rings. The Hall–Kier alpha value is -1.81. The molecule has 2 rings (SSSR count). The molecule has 0 saturated heterocycles. The number of nitrogens with zero attached hydrogens (tertiary/aromatic N) is 2. The average molecular weight is 287 g/mol. The van der Waals surface area contributed by atoms with Gasteiger partial charge < -0.3 is 5.32 Å². The van der Waals surface area contributed by atoms with E-state index < -0.39 is 0 Å². The highest BCUT2D eigenvalue weighted by Gasteiger charge is 2.12. The number of hydrogen-bond acceptors (Lipinski definition) is 3. The summed E-state index contributed by atoms with van der Waals surface area (Å²) in [5, 5.41) is 3.42. The van der Waals surface area contributed by atoms with E-state index in [0.717, 1.165) is 22.5 Å². The molecule has 0 spiro atoms. The summed E-state index contributed by atoms with van der Waals surface area (Å²) in [4.78, 5) is 9.08. The number of hydrogen-bond donors (Lipinski definition) is 1. The van der Waals surface area contributed by atoms with Crippen LogP contribution >= 0.6 is 0 Å². The summed E-state index contributed by atoms with van der Waals surface area (Å²) >= 11 is 0. The molecular formula is C17H22FN3. The first-order chi connectivity index (χ1) is 9.74. The van der Waals surface area contributed by atoms with Crippen molar-refractivity contribution in [3.63, 3.8) is 0 Å². The lowest BCUT2D eigenvalue weighted by molar-refractivity contribution is 0.421. The lowest BCUT2D eigenvalue weighted by Gasteiger charge is -2.20. The number of aromatic nitrogens is 2. The van der Waals surface area contributed by atoms with Crippen molar-refractivity contribution in [2.24, 2.45) is 0 Å². The van der Waals surface area contributed by atoms with Crippen molar-refractivity contribution in [3.05, 3.63) is 47.0 Å². The van der Waals surface area contributed by atoms with Gasteiger partial charge in [-0.3, -0.25) is 0 Å². The minimum atomic E-state index is -0.237. The fourth-order valence-electron chi connectivity index (χ4n) is 2.08. The van der Waals surface area contributed by atoms with Crippen LogP contribution in [0.15, 0.2) is 24.3 Å². The van der Waals surface area contributed by atoms with Crippen LogP contribution in [0, 0.1) is 19.7 Å². The zero-order valence-corrected chi connectivity index (χ0v) is 13.3. The number of nitrogens with one attached hydrogen (secondary N) is 1. The molecule has 0 amide bonds. The third-order valence-corrected chi connectivity index (χ3v) is 3.14. The van der Waals surface area contributed by atoms with Crippen molar-refractivity contribution >= 4 is 0 Å². The van der Waals surface area contributed by atoms with Crippen molar-refractivity contribution < 1.29 is 4.39 Å².